The van der Waals surface area contributed by atoms with Crippen LogP contribution in [0.4, 0.5) is 4.39 Å². The maximum absolute atomic E-state index is 13.2. The smallest absolute Gasteiger partial charge is 0.123 e. The van der Waals surface area contributed by atoms with Crippen molar-refractivity contribution in [2.75, 3.05) is 6.54 Å². The van der Waals surface area contributed by atoms with Gasteiger partial charge in [-0.1, -0.05) is 39.5 Å². The van der Waals surface area contributed by atoms with Crippen molar-refractivity contribution in [1.29, 1.82) is 0 Å². The largest absolute Gasteiger partial charge is 0.508 e. The van der Waals surface area contributed by atoms with Crippen LogP contribution in [0.15, 0.2) is 18.2 Å². The maximum atomic E-state index is 13.2. The van der Waals surface area contributed by atoms with E-state index in [1.54, 1.807) is 0 Å². The normalized spacial score (nSPS) is 12.8. The van der Waals surface area contributed by atoms with Gasteiger partial charge in [0, 0.05) is 11.6 Å². The molecule has 0 spiro atoms. The number of halogens is 1. The van der Waals surface area contributed by atoms with Crippen LogP contribution in [0.1, 0.15) is 64.5 Å². The molecule has 0 amide bonds. The average Bonchev–Trinajstić information content (AvgIpc) is 2.39. The number of phenols is 1. The van der Waals surface area contributed by atoms with E-state index in [1.165, 1.54) is 43.9 Å². The number of phenolic OH excluding ortho intramolecular Hbond substituents is 1. The summed E-state index contributed by atoms with van der Waals surface area (Å²) in [7, 11) is 0. The molecule has 0 aromatic heterocycles. The molecule has 1 rings (SSSR count). The molecule has 114 valence electrons. The van der Waals surface area contributed by atoms with E-state index >= 15 is 0 Å². The lowest BCUT2D eigenvalue weighted by molar-refractivity contribution is 0.445. The van der Waals surface area contributed by atoms with E-state index in [2.05, 4.69) is 19.2 Å². The summed E-state index contributed by atoms with van der Waals surface area (Å²) in [6.45, 7) is 7.37. The van der Waals surface area contributed by atoms with Crippen LogP contribution >= 0.6 is 0 Å². The van der Waals surface area contributed by atoms with Crippen molar-refractivity contribution in [1.82, 2.24) is 5.32 Å². The summed E-state index contributed by atoms with van der Waals surface area (Å²) in [5.41, 5.74) is 0.629. The molecule has 0 saturated carbocycles. The highest BCUT2D eigenvalue weighted by Crippen LogP contribution is 2.24. The number of benzene rings is 1. The highest BCUT2D eigenvalue weighted by molar-refractivity contribution is 5.34. The second-order valence-electron chi connectivity index (χ2n) is 5.98. The average molecular weight is 281 g/mol. The molecule has 0 heterocycles. The van der Waals surface area contributed by atoms with Gasteiger partial charge in [0.25, 0.3) is 0 Å². The van der Waals surface area contributed by atoms with Crippen LogP contribution in [0.3, 0.4) is 0 Å². The molecule has 0 fully saturated rings. The molecule has 2 nitrogen and oxygen atoms in total. The number of hydrogen-bond donors (Lipinski definition) is 2. The highest BCUT2D eigenvalue weighted by Gasteiger charge is 2.10. The quantitative estimate of drug-likeness (QED) is 0.638. The summed E-state index contributed by atoms with van der Waals surface area (Å²) < 4.78 is 13.2. The molecule has 0 radical (unpaired) electrons. The van der Waals surface area contributed by atoms with Gasteiger partial charge in [0.1, 0.15) is 11.6 Å². The highest BCUT2D eigenvalue weighted by atomic mass is 19.1. The van der Waals surface area contributed by atoms with Crippen LogP contribution in [-0.2, 0) is 0 Å². The Hall–Kier alpha value is -1.09. The Morgan fingerprint density at radius 3 is 2.50 bits per heavy atom. The van der Waals surface area contributed by atoms with Crippen molar-refractivity contribution in [2.45, 2.75) is 58.9 Å². The van der Waals surface area contributed by atoms with Crippen molar-refractivity contribution < 1.29 is 9.50 Å². The van der Waals surface area contributed by atoms with Crippen LogP contribution in [0.2, 0.25) is 0 Å². The van der Waals surface area contributed by atoms with Gasteiger partial charge in [-0.25, -0.2) is 4.39 Å². The molecular weight excluding hydrogens is 253 g/mol. The summed E-state index contributed by atoms with van der Waals surface area (Å²) in [6, 6.07) is 4.06. The summed E-state index contributed by atoms with van der Waals surface area (Å²) in [5, 5.41) is 13.1. The fraction of sp³-hybridized carbons (Fsp3) is 0.647. The molecule has 1 unspecified atom stereocenters. The van der Waals surface area contributed by atoms with Crippen LogP contribution < -0.4 is 5.32 Å². The topological polar surface area (TPSA) is 32.3 Å². The minimum atomic E-state index is -0.305. The summed E-state index contributed by atoms with van der Waals surface area (Å²) in [5.74, 6) is 0.646. The molecule has 1 aromatic rings. The fourth-order valence-corrected chi connectivity index (χ4v) is 2.33. The van der Waals surface area contributed by atoms with Gasteiger partial charge in [-0.05, 0) is 44.0 Å². The van der Waals surface area contributed by atoms with Crippen LogP contribution in [0, 0.1) is 11.7 Å². The van der Waals surface area contributed by atoms with Crippen molar-refractivity contribution in [3.05, 3.63) is 29.6 Å². The molecule has 0 aliphatic rings. The Balaban J connectivity index is 2.20. The predicted molar refractivity (Wildman–Crippen MR) is 82.4 cm³/mol. The first-order valence-corrected chi connectivity index (χ1v) is 7.72. The van der Waals surface area contributed by atoms with Crippen LogP contribution in [0.5, 0.6) is 5.75 Å². The van der Waals surface area contributed by atoms with Gasteiger partial charge in [-0.15, -0.1) is 0 Å². The lowest BCUT2D eigenvalue weighted by atomic mass is 10.0. The van der Waals surface area contributed by atoms with Gasteiger partial charge in [0.2, 0.25) is 0 Å². The number of aromatic hydroxyl groups is 1. The Morgan fingerprint density at radius 1 is 1.10 bits per heavy atom. The predicted octanol–water partition coefficient (Wildman–Crippen LogP) is 4.79. The zero-order valence-corrected chi connectivity index (χ0v) is 13.0. The Kier molecular flexibility index (Phi) is 7.60. The zero-order valence-electron chi connectivity index (χ0n) is 13.0. The van der Waals surface area contributed by atoms with E-state index in [-0.39, 0.29) is 17.6 Å². The van der Waals surface area contributed by atoms with Crippen LogP contribution in [0.25, 0.3) is 0 Å². The van der Waals surface area contributed by atoms with E-state index < -0.39 is 0 Å². The molecule has 3 heteroatoms. The molecular formula is C17H28FNO. The summed E-state index contributed by atoms with van der Waals surface area (Å²) >= 11 is 0. The third-order valence-corrected chi connectivity index (χ3v) is 3.61. The van der Waals surface area contributed by atoms with Gasteiger partial charge >= 0.3 is 0 Å². The van der Waals surface area contributed by atoms with Gasteiger partial charge in [-0.2, -0.15) is 0 Å². The van der Waals surface area contributed by atoms with Crippen molar-refractivity contribution in [3.63, 3.8) is 0 Å². The molecule has 0 aliphatic heterocycles. The second-order valence-corrected chi connectivity index (χ2v) is 5.98. The molecule has 2 N–H and O–H groups in total. The second kappa shape index (κ2) is 8.96. The Morgan fingerprint density at radius 2 is 1.80 bits per heavy atom. The molecule has 20 heavy (non-hydrogen) atoms. The van der Waals surface area contributed by atoms with Crippen LogP contribution in [-0.4, -0.2) is 11.7 Å². The van der Waals surface area contributed by atoms with E-state index in [9.17, 15) is 9.50 Å². The molecule has 0 bridgehead atoms. The van der Waals surface area contributed by atoms with Gasteiger partial charge in [0.05, 0.1) is 0 Å². The lowest BCUT2D eigenvalue weighted by Gasteiger charge is -2.15. The minimum Gasteiger partial charge on any atom is -0.508 e. The molecule has 1 atom stereocenters. The zero-order chi connectivity index (χ0) is 15.0. The number of rotatable bonds is 9. The van der Waals surface area contributed by atoms with E-state index in [4.69, 9.17) is 0 Å². The number of nitrogens with one attached hydrogen (secondary N) is 1. The number of unbranched alkanes of at least 4 members (excludes halogenated alkanes) is 3. The minimum absolute atomic E-state index is 0.0265. The summed E-state index contributed by atoms with van der Waals surface area (Å²) in [4.78, 5) is 0. The lowest BCUT2D eigenvalue weighted by Crippen LogP contribution is -2.20. The SMILES string of the molecule is CC(C)CCCCCCNC(C)c1cc(F)ccc1O. The molecule has 0 saturated heterocycles. The van der Waals surface area contributed by atoms with E-state index in [0.717, 1.165) is 18.9 Å². The van der Waals surface area contributed by atoms with E-state index in [0.29, 0.717) is 5.56 Å². The molecule has 1 aromatic carbocycles. The standard InChI is InChI=1S/C17H28FNO/c1-13(2)8-6-4-5-7-11-19-14(3)16-12-15(18)9-10-17(16)20/h9-10,12-14,19-20H,4-8,11H2,1-3H3. The Bertz CT molecular complexity index is 393. The first-order chi connectivity index (χ1) is 9.50. The van der Waals surface area contributed by atoms with Crippen molar-refractivity contribution in [3.8, 4) is 5.75 Å². The first-order valence-electron chi connectivity index (χ1n) is 7.72. The Labute approximate surface area is 122 Å². The van der Waals surface area contributed by atoms with E-state index in [1.807, 2.05) is 6.92 Å². The van der Waals surface area contributed by atoms with Crippen molar-refractivity contribution >= 4 is 0 Å². The molecule has 0 aliphatic carbocycles. The van der Waals surface area contributed by atoms with Gasteiger partial charge < -0.3 is 10.4 Å². The third-order valence-electron chi connectivity index (χ3n) is 3.61. The monoisotopic (exact) mass is 281 g/mol. The first kappa shape index (κ1) is 17.0. The third kappa shape index (κ3) is 6.38. The van der Waals surface area contributed by atoms with Gasteiger partial charge in [0.15, 0.2) is 0 Å². The maximum Gasteiger partial charge on any atom is 0.123 e. The number of hydrogen-bond acceptors (Lipinski definition) is 2. The van der Waals surface area contributed by atoms with Gasteiger partial charge in [-0.3, -0.25) is 0 Å². The van der Waals surface area contributed by atoms with Crippen molar-refractivity contribution in [2.24, 2.45) is 5.92 Å². The summed E-state index contributed by atoms with van der Waals surface area (Å²) in [6.07, 6.45) is 6.23. The fourth-order valence-electron chi connectivity index (χ4n) is 2.33.